The molecule has 0 fully saturated rings. The van der Waals surface area contributed by atoms with Gasteiger partial charge in [0.15, 0.2) is 5.16 Å². The Labute approximate surface area is 141 Å². The van der Waals surface area contributed by atoms with Crippen LogP contribution in [-0.4, -0.2) is 25.8 Å². The largest absolute Gasteiger partial charge is 0.390 e. The zero-order valence-corrected chi connectivity index (χ0v) is 14.7. The predicted octanol–water partition coefficient (Wildman–Crippen LogP) is 2.58. The van der Waals surface area contributed by atoms with Crippen molar-refractivity contribution in [1.29, 1.82) is 0 Å². The van der Waals surface area contributed by atoms with Crippen LogP contribution in [0, 0.1) is 6.92 Å². The quantitative estimate of drug-likeness (QED) is 0.798. The third kappa shape index (κ3) is 4.14. The highest BCUT2D eigenvalue weighted by Gasteiger charge is 2.20. The molecule has 1 heterocycles. The second-order valence-electron chi connectivity index (χ2n) is 5.60. The molecule has 0 aliphatic carbocycles. The molecule has 1 amide bonds. The minimum atomic E-state index is -0.269. The third-order valence-electron chi connectivity index (χ3n) is 3.87. The molecule has 0 aliphatic heterocycles. The second-order valence-corrected chi connectivity index (χ2v) is 6.90. The van der Waals surface area contributed by atoms with Gasteiger partial charge in [-0.2, -0.15) is 0 Å². The van der Waals surface area contributed by atoms with Crippen LogP contribution < -0.4 is 5.32 Å². The number of imidazole rings is 1. The number of aryl methyl sites for hydroxylation is 1. The number of hydrogen-bond acceptors (Lipinski definition) is 4. The number of amides is 1. The first-order valence-corrected chi connectivity index (χ1v) is 8.46. The third-order valence-corrected chi connectivity index (χ3v) is 5.03. The van der Waals surface area contributed by atoms with Gasteiger partial charge in [-0.1, -0.05) is 36.0 Å². The van der Waals surface area contributed by atoms with Gasteiger partial charge in [0.25, 0.3) is 0 Å². The van der Waals surface area contributed by atoms with Gasteiger partial charge in [0.05, 0.1) is 29.8 Å². The molecule has 124 valence electrons. The second kappa shape index (κ2) is 7.66. The van der Waals surface area contributed by atoms with E-state index >= 15 is 0 Å². The summed E-state index contributed by atoms with van der Waals surface area (Å²) in [4.78, 5) is 16.7. The highest BCUT2D eigenvalue weighted by molar-refractivity contribution is 8.00. The molecule has 1 aromatic heterocycles. The van der Waals surface area contributed by atoms with Gasteiger partial charge in [0.1, 0.15) is 0 Å². The van der Waals surface area contributed by atoms with Crippen molar-refractivity contribution in [1.82, 2.24) is 14.9 Å². The van der Waals surface area contributed by atoms with Crippen molar-refractivity contribution in [2.24, 2.45) is 7.05 Å². The fourth-order valence-electron chi connectivity index (χ4n) is 2.37. The number of aromatic nitrogens is 2. The van der Waals surface area contributed by atoms with Crippen molar-refractivity contribution in [2.75, 3.05) is 0 Å². The zero-order valence-electron chi connectivity index (χ0n) is 13.9. The monoisotopic (exact) mass is 333 g/mol. The summed E-state index contributed by atoms with van der Waals surface area (Å²) in [5.74, 6) is -0.0284. The first kappa shape index (κ1) is 17.6. The molecule has 5 nitrogen and oxygen atoms in total. The first-order valence-electron chi connectivity index (χ1n) is 7.58. The molecule has 2 N–H and O–H groups in total. The van der Waals surface area contributed by atoms with Crippen LogP contribution in [0.4, 0.5) is 0 Å². The summed E-state index contributed by atoms with van der Waals surface area (Å²) in [6.07, 6.45) is 1.63. The highest BCUT2D eigenvalue weighted by Crippen LogP contribution is 2.24. The summed E-state index contributed by atoms with van der Waals surface area (Å²) in [5, 5.41) is 12.7. The van der Waals surface area contributed by atoms with Crippen molar-refractivity contribution in [3.63, 3.8) is 0 Å². The van der Waals surface area contributed by atoms with Crippen molar-refractivity contribution >= 4 is 17.7 Å². The molecular formula is C17H23N3O2S. The highest BCUT2D eigenvalue weighted by atomic mass is 32.2. The van der Waals surface area contributed by atoms with Crippen LogP contribution >= 0.6 is 11.8 Å². The summed E-state index contributed by atoms with van der Waals surface area (Å²) in [7, 11) is 1.83. The molecule has 0 spiro atoms. The fourth-order valence-corrected chi connectivity index (χ4v) is 3.26. The van der Waals surface area contributed by atoms with Crippen molar-refractivity contribution in [3.05, 3.63) is 47.3 Å². The van der Waals surface area contributed by atoms with Gasteiger partial charge >= 0.3 is 0 Å². The Bertz CT molecular complexity index is 684. The van der Waals surface area contributed by atoms with Crippen molar-refractivity contribution < 1.29 is 9.90 Å². The summed E-state index contributed by atoms with van der Waals surface area (Å²) in [6, 6.07) is 8.00. The molecule has 0 bridgehead atoms. The maximum Gasteiger partial charge on any atom is 0.233 e. The first-order chi connectivity index (χ1) is 10.9. The summed E-state index contributed by atoms with van der Waals surface area (Å²) >= 11 is 1.38. The van der Waals surface area contributed by atoms with E-state index in [-0.39, 0.29) is 23.8 Å². The van der Waals surface area contributed by atoms with Crippen LogP contribution in [0.5, 0.6) is 0 Å². The van der Waals surface area contributed by atoms with Crippen LogP contribution in [0.3, 0.4) is 0 Å². The van der Waals surface area contributed by atoms with E-state index in [4.69, 9.17) is 0 Å². The Morgan fingerprint density at radius 1 is 1.39 bits per heavy atom. The number of carbonyl (C=O) groups excluding carboxylic acids is 1. The Kier molecular flexibility index (Phi) is 5.85. The molecule has 2 atom stereocenters. The average Bonchev–Trinajstić information content (AvgIpc) is 2.87. The predicted molar refractivity (Wildman–Crippen MR) is 92.2 cm³/mol. The number of thioether (sulfide) groups is 1. The van der Waals surface area contributed by atoms with E-state index in [1.54, 1.807) is 10.8 Å². The van der Waals surface area contributed by atoms with Gasteiger partial charge in [-0.3, -0.25) is 4.79 Å². The van der Waals surface area contributed by atoms with E-state index in [0.717, 1.165) is 22.0 Å². The van der Waals surface area contributed by atoms with E-state index < -0.39 is 0 Å². The molecule has 0 saturated carbocycles. The molecule has 0 aliphatic rings. The number of hydrogen-bond donors (Lipinski definition) is 2. The summed E-state index contributed by atoms with van der Waals surface area (Å²) in [5.41, 5.74) is 3.02. The number of aliphatic hydroxyl groups excluding tert-OH is 1. The molecule has 2 aromatic rings. The SMILES string of the molecule is Cc1ccccc1C(C)NC(=O)C(C)Sc1ncc(CO)n1C. The van der Waals surface area contributed by atoms with Crippen LogP contribution in [-0.2, 0) is 18.4 Å². The van der Waals surface area contributed by atoms with Gasteiger partial charge in [0, 0.05) is 7.05 Å². The van der Waals surface area contributed by atoms with Gasteiger partial charge in [-0.05, 0) is 31.9 Å². The molecular weight excluding hydrogens is 310 g/mol. The average molecular weight is 333 g/mol. The minimum Gasteiger partial charge on any atom is -0.390 e. The lowest BCUT2D eigenvalue weighted by Crippen LogP contribution is -2.33. The number of nitrogens with zero attached hydrogens (tertiary/aromatic N) is 2. The maximum absolute atomic E-state index is 12.4. The minimum absolute atomic E-state index is 0.0284. The van der Waals surface area contributed by atoms with E-state index in [9.17, 15) is 9.90 Å². The molecule has 2 rings (SSSR count). The Morgan fingerprint density at radius 2 is 2.09 bits per heavy atom. The van der Waals surface area contributed by atoms with E-state index in [0.29, 0.717) is 0 Å². The Morgan fingerprint density at radius 3 is 2.70 bits per heavy atom. The smallest absolute Gasteiger partial charge is 0.233 e. The Balaban J connectivity index is 2.00. The van der Waals surface area contributed by atoms with Crippen LogP contribution in [0.25, 0.3) is 0 Å². The number of aliphatic hydroxyl groups is 1. The summed E-state index contributed by atoms with van der Waals surface area (Å²) in [6.45, 7) is 5.83. The number of rotatable bonds is 6. The molecule has 2 unspecified atom stereocenters. The molecule has 23 heavy (non-hydrogen) atoms. The molecule has 0 radical (unpaired) electrons. The topological polar surface area (TPSA) is 67.2 Å². The molecule has 1 aromatic carbocycles. The van der Waals surface area contributed by atoms with Gasteiger partial charge < -0.3 is 15.0 Å². The van der Waals surface area contributed by atoms with Gasteiger partial charge in [-0.15, -0.1) is 0 Å². The number of nitrogens with one attached hydrogen (secondary N) is 1. The van der Waals surface area contributed by atoms with Crippen LogP contribution in [0.2, 0.25) is 0 Å². The van der Waals surface area contributed by atoms with Crippen LogP contribution in [0.1, 0.15) is 36.7 Å². The lowest BCUT2D eigenvalue weighted by molar-refractivity contribution is -0.120. The van der Waals surface area contributed by atoms with E-state index in [1.165, 1.54) is 11.8 Å². The molecule has 0 saturated heterocycles. The van der Waals surface area contributed by atoms with Gasteiger partial charge in [-0.25, -0.2) is 4.98 Å². The summed E-state index contributed by atoms with van der Waals surface area (Å²) < 4.78 is 1.80. The zero-order chi connectivity index (χ0) is 17.0. The van der Waals surface area contributed by atoms with Crippen molar-refractivity contribution in [3.8, 4) is 0 Å². The standard InChI is InChI=1S/C17H23N3O2S/c1-11-7-5-6-8-15(11)12(2)19-16(22)13(3)23-17-18-9-14(10-21)20(17)4/h5-9,12-13,21H,10H2,1-4H3,(H,19,22). The number of carbonyl (C=O) groups is 1. The normalized spacial score (nSPS) is 13.6. The van der Waals surface area contributed by atoms with Gasteiger partial charge in [0.2, 0.25) is 5.91 Å². The lowest BCUT2D eigenvalue weighted by atomic mass is 10.0. The number of benzene rings is 1. The molecule has 6 heteroatoms. The maximum atomic E-state index is 12.4. The fraction of sp³-hybridized carbons (Fsp3) is 0.412. The van der Waals surface area contributed by atoms with Crippen molar-refractivity contribution in [2.45, 2.75) is 43.8 Å². The van der Waals surface area contributed by atoms with E-state index in [2.05, 4.69) is 10.3 Å². The van der Waals surface area contributed by atoms with Crippen LogP contribution in [0.15, 0.2) is 35.6 Å². The lowest BCUT2D eigenvalue weighted by Gasteiger charge is -2.19. The van der Waals surface area contributed by atoms with E-state index in [1.807, 2.05) is 52.1 Å². The Hall–Kier alpha value is -1.79.